The Bertz CT molecular complexity index is 395. The number of hydrogen-bond acceptors (Lipinski definition) is 3. The van der Waals surface area contributed by atoms with Gasteiger partial charge >= 0.3 is 0 Å². The van der Waals surface area contributed by atoms with E-state index in [0.717, 1.165) is 11.2 Å². The fourth-order valence-electron chi connectivity index (χ4n) is 1.30. The third-order valence-corrected chi connectivity index (χ3v) is 2.53. The molecule has 0 aliphatic heterocycles. The zero-order chi connectivity index (χ0) is 10.9. The topological polar surface area (TPSA) is 62.5 Å². The van der Waals surface area contributed by atoms with Crippen molar-refractivity contribution >= 4 is 0 Å². The summed E-state index contributed by atoms with van der Waals surface area (Å²) < 4.78 is 0.880. The molecule has 2 N–H and O–H groups in total. The molecule has 0 aliphatic carbocycles. The van der Waals surface area contributed by atoms with E-state index in [1.54, 1.807) is 0 Å². The average molecular weight is 197 g/mol. The van der Waals surface area contributed by atoms with Crippen LogP contribution in [-0.2, 0) is 0 Å². The van der Waals surface area contributed by atoms with Gasteiger partial charge in [0.1, 0.15) is 0 Å². The van der Waals surface area contributed by atoms with Crippen molar-refractivity contribution in [3.05, 3.63) is 27.7 Å². The van der Waals surface area contributed by atoms with Crippen molar-refractivity contribution in [2.45, 2.75) is 33.1 Å². The van der Waals surface area contributed by atoms with Crippen LogP contribution < -0.4 is 5.43 Å². The maximum atomic E-state index is 11.3. The molecule has 1 aromatic heterocycles. The molecule has 1 heterocycles. The largest absolute Gasteiger partial charge is 0.503 e. The lowest BCUT2D eigenvalue weighted by molar-refractivity contribution is 0.160. The quantitative estimate of drug-likeness (QED) is 0.708. The molecule has 0 aliphatic rings. The van der Waals surface area contributed by atoms with Gasteiger partial charge in [0.05, 0.1) is 11.4 Å². The molecule has 1 atom stereocenters. The second-order valence-electron chi connectivity index (χ2n) is 3.49. The maximum Gasteiger partial charge on any atom is 0.223 e. The summed E-state index contributed by atoms with van der Waals surface area (Å²) in [6.45, 7) is 5.39. The van der Waals surface area contributed by atoms with Crippen LogP contribution in [0.5, 0.6) is 5.75 Å². The van der Waals surface area contributed by atoms with Crippen LogP contribution in [0.3, 0.4) is 0 Å². The second-order valence-corrected chi connectivity index (χ2v) is 3.49. The monoisotopic (exact) mass is 197 g/mol. The fraction of sp³-hybridized carbons (Fsp3) is 0.500. The van der Waals surface area contributed by atoms with Crippen molar-refractivity contribution in [2.24, 2.45) is 0 Å². The van der Waals surface area contributed by atoms with Crippen LogP contribution in [-0.4, -0.2) is 15.0 Å². The van der Waals surface area contributed by atoms with Gasteiger partial charge in [-0.25, -0.2) is 0 Å². The van der Waals surface area contributed by atoms with Crippen molar-refractivity contribution in [1.29, 1.82) is 0 Å². The van der Waals surface area contributed by atoms with Gasteiger partial charge < -0.3 is 10.3 Å². The minimum absolute atomic E-state index is 0.0898. The Morgan fingerprint density at radius 3 is 2.64 bits per heavy atom. The minimum Gasteiger partial charge on any atom is -0.503 e. The van der Waals surface area contributed by atoms with Gasteiger partial charge in [0.15, 0.2) is 5.75 Å². The van der Waals surface area contributed by atoms with Crippen molar-refractivity contribution in [3.8, 4) is 5.75 Å². The van der Waals surface area contributed by atoms with Gasteiger partial charge in [0.2, 0.25) is 5.43 Å². The Morgan fingerprint density at radius 1 is 1.57 bits per heavy atom. The third kappa shape index (κ3) is 1.60. The highest BCUT2D eigenvalue weighted by Crippen LogP contribution is 2.20. The number of nitrogens with zero attached hydrogens (tertiary/aromatic N) is 1. The predicted molar refractivity (Wildman–Crippen MR) is 53.0 cm³/mol. The van der Waals surface area contributed by atoms with E-state index in [9.17, 15) is 15.1 Å². The van der Waals surface area contributed by atoms with Gasteiger partial charge in [-0.05, 0) is 19.3 Å². The second kappa shape index (κ2) is 3.74. The highest BCUT2D eigenvalue weighted by molar-refractivity contribution is 5.29. The van der Waals surface area contributed by atoms with Crippen LogP contribution in [0.15, 0.2) is 10.9 Å². The van der Waals surface area contributed by atoms with Crippen LogP contribution in [0.2, 0.25) is 0 Å². The standard InChI is InChI=1S/C10H15NO3/c1-4-6(2)8-5-9(12)10(13)7(3)11(8)14/h5-6,13-14H,4H2,1-3H3. The van der Waals surface area contributed by atoms with Crippen LogP contribution in [0, 0.1) is 6.92 Å². The molecule has 1 unspecified atom stereocenters. The molecule has 0 aromatic carbocycles. The molecule has 78 valence electrons. The van der Waals surface area contributed by atoms with E-state index < -0.39 is 5.43 Å². The van der Waals surface area contributed by atoms with Crippen LogP contribution in [0.25, 0.3) is 0 Å². The maximum absolute atomic E-state index is 11.3. The normalized spacial score (nSPS) is 12.8. The number of rotatable bonds is 2. The van der Waals surface area contributed by atoms with Gasteiger partial charge in [0.25, 0.3) is 0 Å². The lowest BCUT2D eigenvalue weighted by Gasteiger charge is -2.15. The first-order valence-corrected chi connectivity index (χ1v) is 4.63. The molecule has 0 amide bonds. The molecule has 0 fully saturated rings. The highest BCUT2D eigenvalue weighted by Gasteiger charge is 2.14. The Morgan fingerprint density at radius 2 is 2.14 bits per heavy atom. The molecule has 0 saturated heterocycles. The van der Waals surface area contributed by atoms with E-state index in [1.165, 1.54) is 13.0 Å². The molecule has 0 saturated carbocycles. The third-order valence-electron chi connectivity index (χ3n) is 2.53. The van der Waals surface area contributed by atoms with Gasteiger partial charge in [-0.3, -0.25) is 4.79 Å². The lowest BCUT2D eigenvalue weighted by Crippen LogP contribution is -2.15. The van der Waals surface area contributed by atoms with E-state index in [1.807, 2.05) is 13.8 Å². The summed E-state index contributed by atoms with van der Waals surface area (Å²) in [6.07, 6.45) is 0.824. The van der Waals surface area contributed by atoms with Crippen LogP contribution >= 0.6 is 0 Å². The molecule has 0 bridgehead atoms. The molecular weight excluding hydrogens is 182 g/mol. The summed E-state index contributed by atoms with van der Waals surface area (Å²) in [7, 11) is 0. The zero-order valence-corrected chi connectivity index (χ0v) is 8.61. The molecule has 1 aromatic rings. The first-order chi connectivity index (χ1) is 6.49. The van der Waals surface area contributed by atoms with E-state index in [4.69, 9.17) is 0 Å². The number of hydrogen-bond donors (Lipinski definition) is 2. The zero-order valence-electron chi connectivity index (χ0n) is 8.61. The summed E-state index contributed by atoms with van der Waals surface area (Å²) in [6, 6.07) is 1.27. The van der Waals surface area contributed by atoms with Crippen LogP contribution in [0.4, 0.5) is 0 Å². The molecule has 4 nitrogen and oxygen atoms in total. The molecule has 1 rings (SSSR count). The SMILES string of the molecule is CCC(C)c1cc(=O)c(O)c(C)n1O. The average Bonchev–Trinajstić information content (AvgIpc) is 2.19. The summed E-state index contributed by atoms with van der Waals surface area (Å²) in [5.41, 5.74) is 0.281. The Hall–Kier alpha value is -1.45. The minimum atomic E-state index is -0.442. The smallest absolute Gasteiger partial charge is 0.223 e. The summed E-state index contributed by atoms with van der Waals surface area (Å²) in [4.78, 5) is 11.3. The van der Waals surface area contributed by atoms with Crippen molar-refractivity contribution in [3.63, 3.8) is 0 Å². The first kappa shape index (κ1) is 10.6. The molecule has 0 radical (unpaired) electrons. The van der Waals surface area contributed by atoms with E-state index >= 15 is 0 Å². The van der Waals surface area contributed by atoms with Gasteiger partial charge in [-0.2, -0.15) is 4.73 Å². The Balaban J connectivity index is 3.40. The van der Waals surface area contributed by atoms with Gasteiger partial charge in [-0.1, -0.05) is 13.8 Å². The van der Waals surface area contributed by atoms with E-state index in [0.29, 0.717) is 5.69 Å². The number of aromatic hydroxyl groups is 1. The van der Waals surface area contributed by atoms with E-state index in [2.05, 4.69) is 0 Å². The lowest BCUT2D eigenvalue weighted by atomic mass is 10.0. The summed E-state index contributed by atoms with van der Waals surface area (Å²) in [5, 5.41) is 18.9. The van der Waals surface area contributed by atoms with E-state index in [-0.39, 0.29) is 17.4 Å². The predicted octanol–water partition coefficient (Wildman–Crippen LogP) is 1.61. The molecule has 14 heavy (non-hydrogen) atoms. The summed E-state index contributed by atoms with van der Waals surface area (Å²) >= 11 is 0. The van der Waals surface area contributed by atoms with Crippen molar-refractivity contribution in [1.82, 2.24) is 4.73 Å². The Kier molecular flexibility index (Phi) is 2.84. The van der Waals surface area contributed by atoms with Gasteiger partial charge in [-0.15, -0.1) is 0 Å². The molecule has 4 heteroatoms. The van der Waals surface area contributed by atoms with Gasteiger partial charge in [0, 0.05) is 6.07 Å². The fourth-order valence-corrected chi connectivity index (χ4v) is 1.30. The molecular formula is C10H15NO3. The highest BCUT2D eigenvalue weighted by atomic mass is 16.5. The number of aromatic nitrogens is 1. The van der Waals surface area contributed by atoms with Crippen molar-refractivity contribution in [2.75, 3.05) is 0 Å². The first-order valence-electron chi connectivity index (χ1n) is 4.63. The van der Waals surface area contributed by atoms with Crippen LogP contribution in [0.1, 0.15) is 37.6 Å². The Labute approximate surface area is 82.4 Å². The van der Waals surface area contributed by atoms with Crippen molar-refractivity contribution < 1.29 is 10.3 Å². The number of pyridine rings is 1. The molecule has 0 spiro atoms. The summed E-state index contributed by atoms with van der Waals surface area (Å²) in [5.74, 6) is -0.299.